The number of carbonyl (C=O) groups excluding carboxylic acids is 1. The Kier molecular flexibility index (Phi) is 4.98. The number of nitrogens with two attached hydrogens (primary N) is 1. The minimum atomic E-state index is -0.100. The zero-order chi connectivity index (χ0) is 15.0. The Labute approximate surface area is 139 Å². The number of benzene rings is 1. The zero-order valence-electron chi connectivity index (χ0n) is 12.1. The third-order valence-electron chi connectivity index (χ3n) is 3.71. The largest absolute Gasteiger partial charge is 0.399 e. The maximum atomic E-state index is 12.7. The fourth-order valence-corrected chi connectivity index (χ4v) is 2.98. The van der Waals surface area contributed by atoms with Crippen LogP contribution in [0.1, 0.15) is 40.7 Å². The molecule has 0 saturated carbocycles. The molecular formula is C15H17Cl2N3O2. The van der Waals surface area contributed by atoms with E-state index in [0.717, 1.165) is 24.3 Å². The van der Waals surface area contributed by atoms with E-state index in [9.17, 15) is 4.79 Å². The van der Waals surface area contributed by atoms with Gasteiger partial charge >= 0.3 is 0 Å². The van der Waals surface area contributed by atoms with Crippen LogP contribution in [-0.4, -0.2) is 22.5 Å². The summed E-state index contributed by atoms with van der Waals surface area (Å²) in [5, 5.41) is 4.28. The van der Waals surface area contributed by atoms with Crippen LogP contribution in [0.25, 0.3) is 0 Å². The summed E-state index contributed by atoms with van der Waals surface area (Å²) in [7, 11) is 0. The third-order valence-corrected chi connectivity index (χ3v) is 4.02. The molecule has 2 aromatic rings. The van der Waals surface area contributed by atoms with Gasteiger partial charge in [-0.3, -0.25) is 4.79 Å². The molecule has 1 aromatic heterocycles. The van der Waals surface area contributed by atoms with E-state index >= 15 is 0 Å². The topological polar surface area (TPSA) is 72.4 Å². The molecule has 5 nitrogen and oxygen atoms in total. The molecule has 22 heavy (non-hydrogen) atoms. The van der Waals surface area contributed by atoms with Crippen molar-refractivity contribution in [3.63, 3.8) is 0 Å². The predicted molar refractivity (Wildman–Crippen MR) is 87.4 cm³/mol. The maximum Gasteiger partial charge on any atom is 0.255 e. The molecule has 1 aliphatic rings. The van der Waals surface area contributed by atoms with Crippen LogP contribution in [0.5, 0.6) is 0 Å². The smallest absolute Gasteiger partial charge is 0.255 e. The second-order valence-electron chi connectivity index (χ2n) is 5.27. The Morgan fingerprint density at radius 1 is 1.45 bits per heavy atom. The van der Waals surface area contributed by atoms with Crippen LogP contribution in [0.2, 0.25) is 5.02 Å². The van der Waals surface area contributed by atoms with Crippen molar-refractivity contribution in [3.05, 3.63) is 46.3 Å². The van der Waals surface area contributed by atoms with E-state index in [1.54, 1.807) is 23.1 Å². The number of likely N-dealkylation sites (tertiary alicyclic amines) is 1. The Morgan fingerprint density at radius 3 is 2.86 bits per heavy atom. The van der Waals surface area contributed by atoms with Crippen molar-refractivity contribution in [1.82, 2.24) is 10.1 Å². The van der Waals surface area contributed by atoms with Crippen molar-refractivity contribution in [2.75, 3.05) is 12.3 Å². The van der Waals surface area contributed by atoms with E-state index in [0.29, 0.717) is 22.8 Å². The number of halogens is 2. The maximum absolute atomic E-state index is 12.7. The summed E-state index contributed by atoms with van der Waals surface area (Å²) in [6, 6.07) is 6.75. The Bertz CT molecular complexity index is 687. The number of carbonyl (C=O) groups is 1. The lowest BCUT2D eigenvalue weighted by atomic mass is 10.1. The van der Waals surface area contributed by atoms with Crippen LogP contribution >= 0.6 is 24.0 Å². The van der Waals surface area contributed by atoms with Crippen LogP contribution < -0.4 is 5.73 Å². The van der Waals surface area contributed by atoms with E-state index in [1.807, 2.05) is 13.0 Å². The molecule has 2 N–H and O–H groups in total. The quantitative estimate of drug-likeness (QED) is 0.846. The van der Waals surface area contributed by atoms with Gasteiger partial charge in [0.1, 0.15) is 0 Å². The van der Waals surface area contributed by atoms with E-state index < -0.39 is 0 Å². The van der Waals surface area contributed by atoms with Gasteiger partial charge in [-0.15, -0.1) is 12.4 Å². The van der Waals surface area contributed by atoms with E-state index in [1.165, 1.54) is 0 Å². The van der Waals surface area contributed by atoms with Gasteiger partial charge in [-0.1, -0.05) is 16.8 Å². The second-order valence-corrected chi connectivity index (χ2v) is 5.67. The van der Waals surface area contributed by atoms with Crippen LogP contribution in [0.15, 0.2) is 28.8 Å². The first kappa shape index (κ1) is 16.6. The Morgan fingerprint density at radius 2 is 2.23 bits per heavy atom. The molecule has 7 heteroatoms. The second kappa shape index (κ2) is 6.58. The molecule has 0 radical (unpaired) electrons. The van der Waals surface area contributed by atoms with Crippen molar-refractivity contribution in [3.8, 4) is 0 Å². The molecule has 1 unspecified atom stereocenters. The summed E-state index contributed by atoms with van der Waals surface area (Å²) in [6.07, 6.45) is 1.80. The lowest BCUT2D eigenvalue weighted by Gasteiger charge is -2.23. The predicted octanol–water partition coefficient (Wildman–Crippen LogP) is 3.62. The average Bonchev–Trinajstić information content (AvgIpc) is 3.06. The van der Waals surface area contributed by atoms with E-state index in [4.69, 9.17) is 21.9 Å². The molecule has 1 fully saturated rings. The first-order valence-electron chi connectivity index (χ1n) is 6.85. The number of aryl methyl sites for hydroxylation is 1. The van der Waals surface area contributed by atoms with Gasteiger partial charge in [0, 0.05) is 18.3 Å². The number of amides is 1. The van der Waals surface area contributed by atoms with Crippen molar-refractivity contribution in [2.24, 2.45) is 0 Å². The zero-order valence-corrected chi connectivity index (χ0v) is 13.7. The highest BCUT2D eigenvalue weighted by Gasteiger charge is 2.33. The summed E-state index contributed by atoms with van der Waals surface area (Å²) in [6.45, 7) is 2.55. The number of aromatic nitrogens is 1. The van der Waals surface area contributed by atoms with Crippen LogP contribution in [0.3, 0.4) is 0 Å². The van der Waals surface area contributed by atoms with Gasteiger partial charge in [0.25, 0.3) is 5.91 Å². The fraction of sp³-hybridized carbons (Fsp3) is 0.333. The molecule has 0 bridgehead atoms. The highest BCUT2D eigenvalue weighted by molar-refractivity contribution is 6.34. The van der Waals surface area contributed by atoms with E-state index in [-0.39, 0.29) is 24.4 Å². The molecule has 118 valence electrons. The number of hydrogen-bond donors (Lipinski definition) is 1. The van der Waals surface area contributed by atoms with Gasteiger partial charge < -0.3 is 15.2 Å². The lowest BCUT2D eigenvalue weighted by Crippen LogP contribution is -2.30. The van der Waals surface area contributed by atoms with Crippen LogP contribution in [-0.2, 0) is 0 Å². The standard InChI is InChI=1S/C15H16ClN3O2.ClH/c1-9-7-14(21-18-9)13-3-2-6-19(13)15(20)11-5-4-10(17)8-12(11)16;/h4-5,7-8,13H,2-3,6,17H2,1H3;1H. The molecule has 1 saturated heterocycles. The minimum Gasteiger partial charge on any atom is -0.399 e. The summed E-state index contributed by atoms with van der Waals surface area (Å²) in [4.78, 5) is 14.5. The van der Waals surface area contributed by atoms with Gasteiger partial charge in [0.05, 0.1) is 22.3 Å². The normalized spacial score (nSPS) is 17.4. The minimum absolute atomic E-state index is 0. The molecule has 3 rings (SSSR count). The molecule has 1 amide bonds. The summed E-state index contributed by atoms with van der Waals surface area (Å²) in [5.74, 6) is 0.626. The summed E-state index contributed by atoms with van der Waals surface area (Å²) >= 11 is 6.14. The lowest BCUT2D eigenvalue weighted by molar-refractivity contribution is 0.0715. The van der Waals surface area contributed by atoms with Gasteiger partial charge in [-0.25, -0.2) is 0 Å². The summed E-state index contributed by atoms with van der Waals surface area (Å²) < 4.78 is 5.32. The molecule has 1 aliphatic heterocycles. The highest BCUT2D eigenvalue weighted by Crippen LogP contribution is 2.34. The van der Waals surface area contributed by atoms with Gasteiger partial charge in [-0.2, -0.15) is 0 Å². The van der Waals surface area contributed by atoms with Crippen molar-refractivity contribution < 1.29 is 9.32 Å². The van der Waals surface area contributed by atoms with Crippen molar-refractivity contribution >= 4 is 35.6 Å². The highest BCUT2D eigenvalue weighted by atomic mass is 35.5. The monoisotopic (exact) mass is 341 g/mol. The van der Waals surface area contributed by atoms with Gasteiger partial charge in [0.15, 0.2) is 5.76 Å². The Balaban J connectivity index is 0.00000176. The first-order chi connectivity index (χ1) is 10.1. The number of rotatable bonds is 2. The van der Waals surface area contributed by atoms with Crippen LogP contribution in [0.4, 0.5) is 5.69 Å². The van der Waals surface area contributed by atoms with Crippen molar-refractivity contribution in [1.29, 1.82) is 0 Å². The third kappa shape index (κ3) is 3.05. The average molecular weight is 342 g/mol. The number of nitrogen functional groups attached to an aromatic ring is 1. The molecule has 1 atom stereocenters. The fourth-order valence-electron chi connectivity index (χ4n) is 2.71. The number of anilines is 1. The molecule has 1 aromatic carbocycles. The van der Waals surface area contributed by atoms with Crippen molar-refractivity contribution in [2.45, 2.75) is 25.8 Å². The summed E-state index contributed by atoms with van der Waals surface area (Å²) in [5.41, 5.74) is 7.49. The van der Waals surface area contributed by atoms with Gasteiger partial charge in [0.2, 0.25) is 0 Å². The first-order valence-corrected chi connectivity index (χ1v) is 7.23. The molecular weight excluding hydrogens is 325 g/mol. The molecule has 0 aliphatic carbocycles. The van der Waals surface area contributed by atoms with E-state index in [2.05, 4.69) is 5.16 Å². The molecule has 0 spiro atoms. The molecule has 2 heterocycles. The van der Waals surface area contributed by atoms with Crippen LogP contribution in [0, 0.1) is 6.92 Å². The SMILES string of the molecule is Cc1cc(C2CCCN2C(=O)c2ccc(N)cc2Cl)on1.Cl. The number of nitrogens with zero attached hydrogens (tertiary/aromatic N) is 2. The Hall–Kier alpha value is -1.72. The van der Waals surface area contributed by atoms with Gasteiger partial charge in [-0.05, 0) is 38.0 Å². The number of hydrogen-bond acceptors (Lipinski definition) is 4.